The molecule has 1 N–H and O–H groups in total. The Morgan fingerprint density at radius 1 is 1.20 bits per heavy atom. The molecule has 0 aliphatic carbocycles. The standard InChI is InChI=1S/C17H19ClN2O4S/c18-14-3-5-15(6-4-14)25(22,23)20-9-7-13(8-10-20)12-19-17(21)16-2-1-11-24-16/h1-6,11,13H,7-10,12H2,(H,19,21). The van der Waals surface area contributed by atoms with Crippen LogP contribution < -0.4 is 5.32 Å². The lowest BCUT2D eigenvalue weighted by Gasteiger charge is -2.31. The van der Waals surface area contributed by atoms with Crippen molar-refractivity contribution >= 4 is 27.5 Å². The van der Waals surface area contributed by atoms with E-state index in [2.05, 4.69) is 5.32 Å². The fourth-order valence-corrected chi connectivity index (χ4v) is 4.44. The van der Waals surface area contributed by atoms with Crippen molar-refractivity contribution in [1.82, 2.24) is 9.62 Å². The van der Waals surface area contributed by atoms with Gasteiger partial charge in [-0.25, -0.2) is 8.42 Å². The van der Waals surface area contributed by atoms with Gasteiger partial charge in [0.25, 0.3) is 5.91 Å². The van der Waals surface area contributed by atoms with Gasteiger partial charge in [0.15, 0.2) is 5.76 Å². The summed E-state index contributed by atoms with van der Waals surface area (Å²) in [4.78, 5) is 12.1. The van der Waals surface area contributed by atoms with Gasteiger partial charge in [0.2, 0.25) is 10.0 Å². The van der Waals surface area contributed by atoms with Gasteiger partial charge >= 0.3 is 0 Å². The third-order valence-electron chi connectivity index (χ3n) is 4.32. The molecule has 1 aliphatic rings. The van der Waals surface area contributed by atoms with Gasteiger partial charge in [0.05, 0.1) is 11.2 Å². The molecule has 1 saturated heterocycles. The van der Waals surface area contributed by atoms with Crippen LogP contribution in [-0.4, -0.2) is 38.3 Å². The Bertz CT molecular complexity index is 811. The SMILES string of the molecule is O=C(NCC1CCN(S(=O)(=O)c2ccc(Cl)cc2)CC1)c1ccco1. The van der Waals surface area contributed by atoms with Crippen molar-refractivity contribution in [2.45, 2.75) is 17.7 Å². The summed E-state index contributed by atoms with van der Waals surface area (Å²) in [7, 11) is -3.50. The minimum absolute atomic E-state index is 0.246. The molecule has 2 aromatic rings. The van der Waals surface area contributed by atoms with Gasteiger partial charge < -0.3 is 9.73 Å². The molecule has 1 fully saturated rings. The molecule has 0 radical (unpaired) electrons. The highest BCUT2D eigenvalue weighted by Crippen LogP contribution is 2.24. The number of halogens is 1. The zero-order chi connectivity index (χ0) is 17.9. The molecule has 3 rings (SSSR count). The van der Waals surface area contributed by atoms with E-state index in [0.717, 1.165) is 0 Å². The minimum atomic E-state index is -3.50. The van der Waals surface area contributed by atoms with Crippen LogP contribution in [0, 0.1) is 5.92 Å². The van der Waals surface area contributed by atoms with Crippen molar-refractivity contribution in [3.63, 3.8) is 0 Å². The Kier molecular flexibility index (Phi) is 5.46. The number of benzene rings is 1. The van der Waals surface area contributed by atoms with Gasteiger partial charge in [-0.05, 0) is 55.2 Å². The van der Waals surface area contributed by atoms with E-state index in [9.17, 15) is 13.2 Å². The van der Waals surface area contributed by atoms with Crippen molar-refractivity contribution in [2.75, 3.05) is 19.6 Å². The lowest BCUT2D eigenvalue weighted by atomic mass is 9.98. The Morgan fingerprint density at radius 2 is 1.88 bits per heavy atom. The fourth-order valence-electron chi connectivity index (χ4n) is 2.84. The van der Waals surface area contributed by atoms with Crippen LogP contribution in [0.1, 0.15) is 23.4 Å². The van der Waals surface area contributed by atoms with Crippen molar-refractivity contribution < 1.29 is 17.6 Å². The molecule has 134 valence electrons. The largest absolute Gasteiger partial charge is 0.459 e. The fraction of sp³-hybridized carbons (Fsp3) is 0.353. The molecule has 1 aliphatic heterocycles. The summed E-state index contributed by atoms with van der Waals surface area (Å²) in [6, 6.07) is 9.46. The summed E-state index contributed by atoms with van der Waals surface area (Å²) in [6.07, 6.45) is 2.85. The third-order valence-corrected chi connectivity index (χ3v) is 6.49. The second kappa shape index (κ2) is 7.59. The lowest BCUT2D eigenvalue weighted by Crippen LogP contribution is -2.41. The Balaban J connectivity index is 1.53. The quantitative estimate of drug-likeness (QED) is 0.862. The molecule has 8 heteroatoms. The average molecular weight is 383 g/mol. The van der Waals surface area contributed by atoms with E-state index in [1.807, 2.05) is 0 Å². The van der Waals surface area contributed by atoms with Crippen molar-refractivity contribution in [2.24, 2.45) is 5.92 Å². The molecular weight excluding hydrogens is 364 g/mol. The minimum Gasteiger partial charge on any atom is -0.459 e. The number of rotatable bonds is 5. The molecular formula is C17H19ClN2O4S. The van der Waals surface area contributed by atoms with Crippen LogP contribution in [0.2, 0.25) is 5.02 Å². The molecule has 1 aromatic carbocycles. The van der Waals surface area contributed by atoms with E-state index < -0.39 is 10.0 Å². The molecule has 6 nitrogen and oxygen atoms in total. The number of sulfonamides is 1. The number of hydrogen-bond acceptors (Lipinski definition) is 4. The topological polar surface area (TPSA) is 79.6 Å². The number of amides is 1. The first-order valence-electron chi connectivity index (χ1n) is 8.04. The summed E-state index contributed by atoms with van der Waals surface area (Å²) >= 11 is 5.81. The molecule has 0 unspecified atom stereocenters. The van der Waals surface area contributed by atoms with Crippen LogP contribution in [-0.2, 0) is 10.0 Å². The maximum Gasteiger partial charge on any atom is 0.286 e. The average Bonchev–Trinajstić information content (AvgIpc) is 3.15. The van der Waals surface area contributed by atoms with E-state index in [1.165, 1.54) is 22.7 Å². The number of nitrogens with one attached hydrogen (secondary N) is 1. The molecule has 0 saturated carbocycles. The first-order valence-corrected chi connectivity index (χ1v) is 9.86. The maximum atomic E-state index is 12.6. The van der Waals surface area contributed by atoms with Gasteiger partial charge in [0, 0.05) is 24.7 Å². The molecule has 1 aromatic heterocycles. The van der Waals surface area contributed by atoms with Crippen LogP contribution in [0.25, 0.3) is 0 Å². The maximum absolute atomic E-state index is 12.6. The summed E-state index contributed by atoms with van der Waals surface area (Å²) in [5, 5.41) is 3.34. The highest BCUT2D eigenvalue weighted by molar-refractivity contribution is 7.89. The zero-order valence-electron chi connectivity index (χ0n) is 13.5. The van der Waals surface area contributed by atoms with Crippen molar-refractivity contribution in [1.29, 1.82) is 0 Å². The predicted molar refractivity (Wildman–Crippen MR) is 94.0 cm³/mol. The first-order chi connectivity index (χ1) is 12.0. The van der Waals surface area contributed by atoms with Crippen LogP contribution in [0.5, 0.6) is 0 Å². The predicted octanol–water partition coefficient (Wildman–Crippen LogP) is 2.76. The third kappa shape index (κ3) is 4.23. The second-order valence-electron chi connectivity index (χ2n) is 5.99. The molecule has 25 heavy (non-hydrogen) atoms. The van der Waals surface area contributed by atoms with Crippen LogP contribution in [0.15, 0.2) is 52.0 Å². The normalized spacial score (nSPS) is 16.7. The van der Waals surface area contributed by atoms with E-state index in [0.29, 0.717) is 37.5 Å². The van der Waals surface area contributed by atoms with Crippen LogP contribution in [0.4, 0.5) is 0 Å². The van der Waals surface area contributed by atoms with E-state index >= 15 is 0 Å². The summed E-state index contributed by atoms with van der Waals surface area (Å²) in [5.74, 6) is 0.277. The summed E-state index contributed by atoms with van der Waals surface area (Å²) < 4.78 is 31.8. The number of carbonyl (C=O) groups excluding carboxylic acids is 1. The molecule has 0 spiro atoms. The number of piperidine rings is 1. The lowest BCUT2D eigenvalue weighted by molar-refractivity contribution is 0.0913. The Hall–Kier alpha value is -1.83. The number of nitrogens with zero attached hydrogens (tertiary/aromatic N) is 1. The van der Waals surface area contributed by atoms with Crippen molar-refractivity contribution in [3.05, 3.63) is 53.4 Å². The molecule has 0 bridgehead atoms. The zero-order valence-corrected chi connectivity index (χ0v) is 15.1. The molecule has 2 heterocycles. The summed E-state index contributed by atoms with van der Waals surface area (Å²) in [6.45, 7) is 1.38. The van der Waals surface area contributed by atoms with E-state index in [-0.39, 0.29) is 22.5 Å². The van der Waals surface area contributed by atoms with Crippen molar-refractivity contribution in [3.8, 4) is 0 Å². The van der Waals surface area contributed by atoms with Gasteiger partial charge in [0.1, 0.15) is 0 Å². The van der Waals surface area contributed by atoms with E-state index in [1.54, 1.807) is 24.3 Å². The van der Waals surface area contributed by atoms with Gasteiger partial charge in [-0.1, -0.05) is 11.6 Å². The highest BCUT2D eigenvalue weighted by atomic mass is 35.5. The van der Waals surface area contributed by atoms with Crippen LogP contribution >= 0.6 is 11.6 Å². The second-order valence-corrected chi connectivity index (χ2v) is 8.36. The van der Waals surface area contributed by atoms with Gasteiger partial charge in [-0.2, -0.15) is 4.31 Å². The van der Waals surface area contributed by atoms with Crippen LogP contribution in [0.3, 0.4) is 0 Å². The van der Waals surface area contributed by atoms with Gasteiger partial charge in [-0.15, -0.1) is 0 Å². The first kappa shape index (κ1) is 18.0. The van der Waals surface area contributed by atoms with E-state index in [4.69, 9.17) is 16.0 Å². The smallest absolute Gasteiger partial charge is 0.286 e. The summed E-state index contributed by atoms with van der Waals surface area (Å²) in [5.41, 5.74) is 0. The number of furan rings is 1. The number of hydrogen-bond donors (Lipinski definition) is 1. The monoisotopic (exact) mass is 382 g/mol. The number of carbonyl (C=O) groups is 1. The molecule has 0 atom stereocenters. The van der Waals surface area contributed by atoms with Gasteiger partial charge in [-0.3, -0.25) is 4.79 Å². The molecule has 1 amide bonds. The Labute approximate surface area is 151 Å². The highest BCUT2D eigenvalue weighted by Gasteiger charge is 2.29. The Morgan fingerprint density at radius 3 is 2.48 bits per heavy atom.